The molecule has 1 aromatic carbocycles. The molecule has 0 aromatic heterocycles. The second-order valence-electron chi connectivity index (χ2n) is 3.04. The van der Waals surface area contributed by atoms with Crippen LogP contribution in [-0.4, -0.2) is 6.54 Å². The van der Waals surface area contributed by atoms with Crippen LogP contribution in [0.15, 0.2) is 18.2 Å². The van der Waals surface area contributed by atoms with Crippen molar-refractivity contribution in [1.82, 2.24) is 0 Å². The van der Waals surface area contributed by atoms with Crippen LogP contribution in [0.25, 0.3) is 0 Å². The van der Waals surface area contributed by atoms with E-state index in [-0.39, 0.29) is 6.54 Å². The second-order valence-corrected chi connectivity index (χ2v) is 3.04. The molecule has 1 rings (SSSR count). The molecule has 1 aromatic rings. The van der Waals surface area contributed by atoms with Crippen LogP contribution >= 0.6 is 0 Å². The summed E-state index contributed by atoms with van der Waals surface area (Å²) in [5.74, 6) is 0. The normalized spacial score (nSPS) is 10.9. The monoisotopic (exact) mass is 214 g/mol. The molecule has 80 valence electrons. The summed E-state index contributed by atoms with van der Waals surface area (Å²) >= 11 is 0. The molecule has 0 fully saturated rings. The number of halogens is 3. The van der Waals surface area contributed by atoms with Gasteiger partial charge in [-0.2, -0.15) is 18.4 Å². The third kappa shape index (κ3) is 2.88. The van der Waals surface area contributed by atoms with E-state index in [0.29, 0.717) is 11.3 Å². The topological polar surface area (TPSA) is 35.8 Å². The fraction of sp³-hybridized carbons (Fsp3) is 0.300. The van der Waals surface area contributed by atoms with Crippen LogP contribution in [0.3, 0.4) is 0 Å². The molecule has 0 bridgehead atoms. The smallest absolute Gasteiger partial charge is 0.372 e. The predicted octanol–water partition coefficient (Wildman–Crippen LogP) is 2.95. The molecule has 1 N–H and O–H groups in total. The number of alkyl halides is 3. The summed E-state index contributed by atoms with van der Waals surface area (Å²) in [7, 11) is 0. The van der Waals surface area contributed by atoms with Gasteiger partial charge in [0.2, 0.25) is 0 Å². The molecule has 0 saturated carbocycles. The van der Waals surface area contributed by atoms with E-state index in [1.54, 1.807) is 6.92 Å². The van der Waals surface area contributed by atoms with Crippen LogP contribution in [0.1, 0.15) is 11.1 Å². The van der Waals surface area contributed by atoms with Crippen molar-refractivity contribution in [2.45, 2.75) is 13.1 Å². The van der Waals surface area contributed by atoms with Gasteiger partial charge in [0.25, 0.3) is 0 Å². The van der Waals surface area contributed by atoms with Crippen LogP contribution in [0.4, 0.5) is 18.9 Å². The van der Waals surface area contributed by atoms with E-state index in [2.05, 4.69) is 5.32 Å². The van der Waals surface area contributed by atoms with Crippen molar-refractivity contribution >= 4 is 5.69 Å². The number of rotatable bonds is 2. The summed E-state index contributed by atoms with van der Waals surface area (Å²) in [6, 6.07) is 5.21. The summed E-state index contributed by atoms with van der Waals surface area (Å²) in [4.78, 5) is 0. The average molecular weight is 214 g/mol. The molecule has 0 aliphatic heterocycles. The van der Waals surface area contributed by atoms with E-state index in [4.69, 9.17) is 5.26 Å². The van der Waals surface area contributed by atoms with Gasteiger partial charge >= 0.3 is 6.18 Å². The molecule has 0 spiro atoms. The highest BCUT2D eigenvalue weighted by molar-refractivity contribution is 5.53. The SMILES string of the molecule is Cc1ccc(C(F)(F)F)cc1NCC#N. The van der Waals surface area contributed by atoms with Gasteiger partial charge in [0.15, 0.2) is 0 Å². The highest BCUT2D eigenvalue weighted by Crippen LogP contribution is 2.31. The zero-order chi connectivity index (χ0) is 11.5. The van der Waals surface area contributed by atoms with Gasteiger partial charge in [0, 0.05) is 5.69 Å². The molecule has 0 amide bonds. The average Bonchev–Trinajstić information content (AvgIpc) is 2.15. The summed E-state index contributed by atoms with van der Waals surface area (Å²) in [5, 5.41) is 10.9. The van der Waals surface area contributed by atoms with Crippen molar-refractivity contribution < 1.29 is 13.2 Å². The quantitative estimate of drug-likeness (QED) is 0.768. The lowest BCUT2D eigenvalue weighted by Crippen LogP contribution is -2.07. The molecule has 0 aliphatic rings. The van der Waals surface area contributed by atoms with Crippen molar-refractivity contribution in [2.75, 3.05) is 11.9 Å². The molecular formula is C10H9F3N2. The van der Waals surface area contributed by atoms with Crippen LogP contribution in [0.5, 0.6) is 0 Å². The Morgan fingerprint density at radius 1 is 1.40 bits per heavy atom. The van der Waals surface area contributed by atoms with E-state index in [1.807, 2.05) is 6.07 Å². The molecule has 5 heteroatoms. The van der Waals surface area contributed by atoms with E-state index in [0.717, 1.165) is 12.1 Å². The highest BCUT2D eigenvalue weighted by Gasteiger charge is 2.30. The van der Waals surface area contributed by atoms with Gasteiger partial charge in [-0.3, -0.25) is 0 Å². The summed E-state index contributed by atoms with van der Waals surface area (Å²) in [5.41, 5.74) is 0.304. The largest absolute Gasteiger partial charge is 0.416 e. The Balaban J connectivity index is 3.01. The van der Waals surface area contributed by atoms with Crippen LogP contribution < -0.4 is 5.32 Å². The first-order chi connectivity index (χ1) is 6.95. The number of hydrogen-bond acceptors (Lipinski definition) is 2. The molecule has 0 radical (unpaired) electrons. The molecule has 0 atom stereocenters. The Morgan fingerprint density at radius 3 is 2.60 bits per heavy atom. The minimum atomic E-state index is -4.35. The van der Waals surface area contributed by atoms with Crippen LogP contribution in [0, 0.1) is 18.3 Å². The Morgan fingerprint density at radius 2 is 2.07 bits per heavy atom. The molecule has 0 heterocycles. The number of aryl methyl sites for hydroxylation is 1. The molecule has 15 heavy (non-hydrogen) atoms. The maximum atomic E-state index is 12.3. The van der Waals surface area contributed by atoms with E-state index in [1.165, 1.54) is 6.07 Å². The minimum Gasteiger partial charge on any atom is -0.372 e. The summed E-state index contributed by atoms with van der Waals surface area (Å²) < 4.78 is 37.0. The zero-order valence-corrected chi connectivity index (χ0v) is 8.02. The van der Waals surface area contributed by atoms with Crippen LogP contribution in [-0.2, 0) is 6.18 Å². The number of hydrogen-bond donors (Lipinski definition) is 1. The summed E-state index contributed by atoms with van der Waals surface area (Å²) in [6.45, 7) is 1.67. The van der Waals surface area contributed by atoms with Crippen molar-refractivity contribution in [3.8, 4) is 6.07 Å². The minimum absolute atomic E-state index is 0.0118. The first kappa shape index (κ1) is 11.4. The number of nitrogens with one attached hydrogen (secondary N) is 1. The predicted molar refractivity (Wildman–Crippen MR) is 50.3 cm³/mol. The third-order valence-electron chi connectivity index (χ3n) is 1.92. The fourth-order valence-electron chi connectivity index (χ4n) is 1.12. The fourth-order valence-corrected chi connectivity index (χ4v) is 1.12. The lowest BCUT2D eigenvalue weighted by atomic mass is 10.1. The van der Waals surface area contributed by atoms with Crippen molar-refractivity contribution in [3.63, 3.8) is 0 Å². The Kier molecular flexibility index (Phi) is 3.20. The van der Waals surface area contributed by atoms with E-state index >= 15 is 0 Å². The van der Waals surface area contributed by atoms with Crippen molar-refractivity contribution in [1.29, 1.82) is 5.26 Å². The molecule has 0 aliphatic carbocycles. The number of nitrogens with zero attached hydrogens (tertiary/aromatic N) is 1. The Hall–Kier alpha value is -1.70. The van der Waals surface area contributed by atoms with E-state index in [9.17, 15) is 13.2 Å². The van der Waals surface area contributed by atoms with Gasteiger partial charge in [0.1, 0.15) is 6.54 Å². The number of nitriles is 1. The Labute approximate surface area is 85.3 Å². The first-order valence-electron chi connectivity index (χ1n) is 4.24. The van der Waals surface area contributed by atoms with Gasteiger partial charge in [0.05, 0.1) is 11.6 Å². The molecular weight excluding hydrogens is 205 g/mol. The second kappa shape index (κ2) is 4.22. The lowest BCUT2D eigenvalue weighted by molar-refractivity contribution is -0.137. The molecule has 0 saturated heterocycles. The van der Waals surface area contributed by atoms with Crippen molar-refractivity contribution in [2.24, 2.45) is 0 Å². The lowest BCUT2D eigenvalue weighted by Gasteiger charge is -2.11. The van der Waals surface area contributed by atoms with Gasteiger partial charge < -0.3 is 5.32 Å². The van der Waals surface area contributed by atoms with Gasteiger partial charge in [-0.15, -0.1) is 0 Å². The number of benzene rings is 1. The molecule has 0 unspecified atom stereocenters. The van der Waals surface area contributed by atoms with Crippen LogP contribution in [0.2, 0.25) is 0 Å². The Bertz CT molecular complexity index is 391. The van der Waals surface area contributed by atoms with Gasteiger partial charge in [-0.25, -0.2) is 0 Å². The number of anilines is 1. The van der Waals surface area contributed by atoms with Gasteiger partial charge in [-0.05, 0) is 24.6 Å². The van der Waals surface area contributed by atoms with Gasteiger partial charge in [-0.1, -0.05) is 6.07 Å². The summed E-state index contributed by atoms with van der Waals surface area (Å²) in [6.07, 6.45) is -4.35. The standard InChI is InChI=1S/C10H9F3N2/c1-7-2-3-8(10(11,12)13)6-9(7)15-5-4-14/h2-3,6,15H,5H2,1H3. The zero-order valence-electron chi connectivity index (χ0n) is 8.02. The molecule has 2 nitrogen and oxygen atoms in total. The third-order valence-corrected chi connectivity index (χ3v) is 1.92. The highest BCUT2D eigenvalue weighted by atomic mass is 19.4. The maximum Gasteiger partial charge on any atom is 0.416 e. The maximum absolute atomic E-state index is 12.3. The van der Waals surface area contributed by atoms with Crippen molar-refractivity contribution in [3.05, 3.63) is 29.3 Å². The van der Waals surface area contributed by atoms with E-state index < -0.39 is 11.7 Å². The first-order valence-corrected chi connectivity index (χ1v) is 4.24.